The summed E-state index contributed by atoms with van der Waals surface area (Å²) in [6, 6.07) is 6.03. The number of hydrogen-bond acceptors (Lipinski definition) is 4. The van der Waals surface area contributed by atoms with Gasteiger partial charge >= 0.3 is 0 Å². The molecule has 1 amide bonds. The largest absolute Gasteiger partial charge is 0.345 e. The lowest BCUT2D eigenvalue weighted by Crippen LogP contribution is -2.15. The summed E-state index contributed by atoms with van der Waals surface area (Å²) in [6.45, 7) is 0. The molecule has 0 bridgehead atoms. The number of aryl methyl sites for hydroxylation is 1. The lowest BCUT2D eigenvalue weighted by molar-refractivity contribution is 0.101. The Bertz CT molecular complexity index is 896. The second kappa shape index (κ2) is 5.59. The number of carbonyl (C=O) groups excluding carboxylic acids is 1. The van der Waals surface area contributed by atoms with Crippen LogP contribution >= 0.6 is 0 Å². The van der Waals surface area contributed by atoms with Gasteiger partial charge in [0.05, 0.1) is 11.6 Å². The van der Waals surface area contributed by atoms with Gasteiger partial charge in [0.2, 0.25) is 0 Å². The Kier molecular flexibility index (Phi) is 3.99. The van der Waals surface area contributed by atoms with Gasteiger partial charge in [-0.25, -0.2) is 4.39 Å². The van der Waals surface area contributed by atoms with Crippen molar-refractivity contribution in [2.45, 2.75) is 4.90 Å². The highest BCUT2D eigenvalue weighted by Crippen LogP contribution is 2.17. The quantitative estimate of drug-likeness (QED) is 0.832. The second-order valence-electron chi connectivity index (χ2n) is 4.44. The first-order valence-electron chi connectivity index (χ1n) is 5.86. The third kappa shape index (κ3) is 3.30. The van der Waals surface area contributed by atoms with Crippen molar-refractivity contribution in [1.29, 1.82) is 5.26 Å². The molecule has 0 saturated heterocycles. The van der Waals surface area contributed by atoms with Gasteiger partial charge in [-0.3, -0.25) is 9.35 Å². The molecule has 9 heteroatoms. The molecule has 7 nitrogen and oxygen atoms in total. The molecule has 2 aromatic rings. The standard InChI is InChI=1S/C13H10FN3O4S/c1-17-7-11(22(19,20)21)5-12(17)13(18)16-10-3-8(6-15)2-9(14)4-10/h2-5,7H,1H3,(H,16,18)(H,19,20,21). The number of aromatic nitrogens is 1. The van der Waals surface area contributed by atoms with Crippen LogP contribution in [0.25, 0.3) is 0 Å². The number of anilines is 1. The van der Waals surface area contributed by atoms with Gasteiger partial charge in [0.1, 0.15) is 16.4 Å². The molecule has 22 heavy (non-hydrogen) atoms. The summed E-state index contributed by atoms with van der Waals surface area (Å²) in [6.07, 6.45) is 1.07. The van der Waals surface area contributed by atoms with Crippen LogP contribution in [-0.4, -0.2) is 23.4 Å². The highest BCUT2D eigenvalue weighted by atomic mass is 32.2. The smallest absolute Gasteiger partial charge is 0.296 e. The van der Waals surface area contributed by atoms with Crippen molar-refractivity contribution < 1.29 is 22.2 Å². The van der Waals surface area contributed by atoms with Gasteiger partial charge in [-0.05, 0) is 24.3 Å². The van der Waals surface area contributed by atoms with Gasteiger partial charge < -0.3 is 9.88 Å². The van der Waals surface area contributed by atoms with Gasteiger partial charge in [-0.15, -0.1) is 0 Å². The van der Waals surface area contributed by atoms with Crippen LogP contribution in [0.2, 0.25) is 0 Å². The zero-order valence-corrected chi connectivity index (χ0v) is 12.1. The summed E-state index contributed by atoms with van der Waals surface area (Å²) >= 11 is 0. The monoisotopic (exact) mass is 323 g/mol. The zero-order chi connectivity index (χ0) is 16.5. The number of halogens is 1. The van der Waals surface area contributed by atoms with E-state index in [0.29, 0.717) is 0 Å². The van der Waals surface area contributed by atoms with Crippen LogP contribution in [0.4, 0.5) is 10.1 Å². The van der Waals surface area contributed by atoms with Crippen LogP contribution in [0.3, 0.4) is 0 Å². The number of amides is 1. The molecule has 0 spiro atoms. The summed E-state index contributed by atoms with van der Waals surface area (Å²) in [5.41, 5.74) is 0.0207. The molecule has 0 aliphatic rings. The molecule has 0 aliphatic carbocycles. The summed E-state index contributed by atoms with van der Waals surface area (Å²) < 4.78 is 45.5. The number of nitrogens with one attached hydrogen (secondary N) is 1. The maximum absolute atomic E-state index is 13.3. The van der Waals surface area contributed by atoms with Crippen molar-refractivity contribution >= 4 is 21.7 Å². The number of hydrogen-bond donors (Lipinski definition) is 2. The van der Waals surface area contributed by atoms with E-state index in [1.165, 1.54) is 17.7 Å². The molecule has 0 aliphatic heterocycles. The van der Waals surface area contributed by atoms with E-state index in [1.54, 1.807) is 6.07 Å². The van der Waals surface area contributed by atoms with Crippen molar-refractivity contribution in [2.75, 3.05) is 5.32 Å². The maximum Gasteiger partial charge on any atom is 0.296 e. The second-order valence-corrected chi connectivity index (χ2v) is 5.86. The fourth-order valence-electron chi connectivity index (χ4n) is 1.82. The molecule has 114 valence electrons. The fourth-order valence-corrected chi connectivity index (χ4v) is 2.37. The normalized spacial score (nSPS) is 11.0. The van der Waals surface area contributed by atoms with Gasteiger partial charge in [0.25, 0.3) is 16.0 Å². The van der Waals surface area contributed by atoms with Gasteiger partial charge in [0.15, 0.2) is 0 Å². The summed E-state index contributed by atoms with van der Waals surface area (Å²) in [4.78, 5) is 11.6. The Labute approximate surface area is 125 Å². The summed E-state index contributed by atoms with van der Waals surface area (Å²) in [7, 11) is -3.02. The Morgan fingerprint density at radius 1 is 1.36 bits per heavy atom. The number of nitrogens with zero attached hydrogens (tertiary/aromatic N) is 2. The van der Waals surface area contributed by atoms with E-state index in [1.807, 2.05) is 0 Å². The Morgan fingerprint density at radius 2 is 2.05 bits per heavy atom. The van der Waals surface area contributed by atoms with Crippen molar-refractivity contribution in [3.63, 3.8) is 0 Å². The third-order valence-corrected chi connectivity index (χ3v) is 3.61. The molecular formula is C13H10FN3O4S. The van der Waals surface area contributed by atoms with Crippen LogP contribution in [0.1, 0.15) is 16.1 Å². The first kappa shape index (κ1) is 15.7. The lowest BCUT2D eigenvalue weighted by Gasteiger charge is -2.06. The molecule has 2 rings (SSSR count). The van der Waals surface area contributed by atoms with Gasteiger partial charge in [-0.1, -0.05) is 0 Å². The minimum atomic E-state index is -4.43. The predicted molar refractivity (Wildman–Crippen MR) is 74.3 cm³/mol. The minimum absolute atomic E-state index is 0.0285. The number of benzene rings is 1. The Morgan fingerprint density at radius 3 is 2.59 bits per heavy atom. The van der Waals surface area contributed by atoms with E-state index in [4.69, 9.17) is 9.81 Å². The van der Waals surface area contributed by atoms with E-state index in [0.717, 1.165) is 24.4 Å². The topological polar surface area (TPSA) is 112 Å². The van der Waals surface area contributed by atoms with Crippen LogP contribution in [0.5, 0.6) is 0 Å². The fraction of sp³-hybridized carbons (Fsp3) is 0.0769. The average Bonchev–Trinajstić information content (AvgIpc) is 2.80. The zero-order valence-electron chi connectivity index (χ0n) is 11.2. The van der Waals surface area contributed by atoms with E-state index in [-0.39, 0.29) is 16.9 Å². The Hall–Kier alpha value is -2.70. The number of carbonyl (C=O) groups is 1. The van der Waals surface area contributed by atoms with Crippen molar-refractivity contribution in [1.82, 2.24) is 4.57 Å². The highest BCUT2D eigenvalue weighted by molar-refractivity contribution is 7.85. The molecule has 0 fully saturated rings. The molecule has 1 aromatic heterocycles. The highest BCUT2D eigenvalue weighted by Gasteiger charge is 2.18. The third-order valence-electron chi connectivity index (χ3n) is 2.80. The first-order valence-corrected chi connectivity index (χ1v) is 7.30. The van der Waals surface area contributed by atoms with Crippen LogP contribution in [0.15, 0.2) is 35.4 Å². The average molecular weight is 323 g/mol. The molecular weight excluding hydrogens is 313 g/mol. The number of nitriles is 1. The molecule has 0 unspecified atom stereocenters. The van der Waals surface area contributed by atoms with Crippen LogP contribution in [0, 0.1) is 17.1 Å². The van der Waals surface area contributed by atoms with Crippen molar-refractivity contribution in [3.8, 4) is 6.07 Å². The number of rotatable bonds is 3. The summed E-state index contributed by atoms with van der Waals surface area (Å²) in [5, 5.41) is 11.1. The molecule has 0 atom stereocenters. The van der Waals surface area contributed by atoms with Crippen LogP contribution < -0.4 is 5.32 Å². The lowest BCUT2D eigenvalue weighted by atomic mass is 10.2. The molecule has 1 aromatic carbocycles. The molecule has 1 heterocycles. The predicted octanol–water partition coefficient (Wildman–Crippen LogP) is 1.53. The van der Waals surface area contributed by atoms with Crippen molar-refractivity contribution in [2.24, 2.45) is 7.05 Å². The molecule has 2 N–H and O–H groups in total. The van der Waals surface area contributed by atoms with E-state index >= 15 is 0 Å². The summed E-state index contributed by atoms with van der Waals surface area (Å²) in [5.74, 6) is -1.41. The van der Waals surface area contributed by atoms with E-state index in [9.17, 15) is 17.6 Å². The Balaban J connectivity index is 2.33. The van der Waals surface area contributed by atoms with Crippen molar-refractivity contribution in [3.05, 3.63) is 47.5 Å². The minimum Gasteiger partial charge on any atom is -0.345 e. The SMILES string of the molecule is Cn1cc(S(=O)(=O)O)cc1C(=O)Nc1cc(F)cc(C#N)c1. The first-order chi connectivity index (χ1) is 10.2. The van der Waals surface area contributed by atoms with E-state index < -0.39 is 26.7 Å². The van der Waals surface area contributed by atoms with Gasteiger partial charge in [-0.2, -0.15) is 13.7 Å². The van der Waals surface area contributed by atoms with Crippen LogP contribution in [-0.2, 0) is 17.2 Å². The molecule has 0 radical (unpaired) electrons. The maximum atomic E-state index is 13.3. The molecule has 0 saturated carbocycles. The van der Waals surface area contributed by atoms with Gasteiger partial charge in [0, 0.05) is 18.9 Å². The van der Waals surface area contributed by atoms with E-state index in [2.05, 4.69) is 5.32 Å².